The highest BCUT2D eigenvalue weighted by Crippen LogP contribution is 2.18. The van der Waals surface area contributed by atoms with Crippen molar-refractivity contribution < 1.29 is 18.7 Å². The van der Waals surface area contributed by atoms with Gasteiger partial charge < -0.3 is 20.3 Å². The van der Waals surface area contributed by atoms with Crippen LogP contribution in [0.1, 0.15) is 19.8 Å². The maximum atomic E-state index is 12.9. The number of rotatable bonds is 5. The van der Waals surface area contributed by atoms with Gasteiger partial charge in [-0.05, 0) is 44.0 Å². The average molecular weight is 364 g/mol. The van der Waals surface area contributed by atoms with Crippen molar-refractivity contribution in [1.29, 1.82) is 0 Å². The summed E-state index contributed by atoms with van der Waals surface area (Å²) in [7, 11) is 1.63. The smallest absolute Gasteiger partial charge is 0.310 e. The highest BCUT2D eigenvalue weighted by Gasteiger charge is 2.28. The van der Waals surface area contributed by atoms with E-state index in [1.807, 2.05) is 4.90 Å². The summed E-state index contributed by atoms with van der Waals surface area (Å²) in [6.45, 7) is 3.45. The first-order valence-electron chi connectivity index (χ1n) is 8.71. The number of ether oxygens (including phenoxy) is 1. The van der Waals surface area contributed by atoms with Crippen molar-refractivity contribution in [2.24, 2.45) is 10.9 Å². The Labute approximate surface area is 152 Å². The number of amides is 1. The van der Waals surface area contributed by atoms with E-state index in [4.69, 9.17) is 4.74 Å². The topological polar surface area (TPSA) is 83.0 Å². The van der Waals surface area contributed by atoms with Crippen LogP contribution in [0.25, 0.3) is 0 Å². The number of hydrogen-bond acceptors (Lipinski definition) is 4. The number of aliphatic imine (C=N–C) groups is 1. The number of carbonyl (C=O) groups is 2. The van der Waals surface area contributed by atoms with E-state index >= 15 is 0 Å². The Morgan fingerprint density at radius 2 is 2.08 bits per heavy atom. The third kappa shape index (κ3) is 5.72. The van der Waals surface area contributed by atoms with Gasteiger partial charge in [0.2, 0.25) is 5.91 Å². The number of piperidine rings is 1. The van der Waals surface area contributed by atoms with Crippen LogP contribution in [-0.4, -0.2) is 56.0 Å². The minimum absolute atomic E-state index is 0.0185. The quantitative estimate of drug-likeness (QED) is 0.471. The standard InChI is InChI=1S/C18H25FN4O3/c1-3-26-17(25)13-5-4-10-23(12-13)18(20-2)21-11-16(24)22-15-8-6-14(19)7-9-15/h6-9,13H,3-5,10-12H2,1-2H3,(H,20,21)(H,22,24). The van der Waals surface area contributed by atoms with Gasteiger partial charge in [-0.1, -0.05) is 0 Å². The summed E-state index contributed by atoms with van der Waals surface area (Å²) >= 11 is 0. The van der Waals surface area contributed by atoms with Crippen LogP contribution in [-0.2, 0) is 14.3 Å². The van der Waals surface area contributed by atoms with Crippen LogP contribution in [0.4, 0.5) is 10.1 Å². The van der Waals surface area contributed by atoms with Crippen molar-refractivity contribution in [3.8, 4) is 0 Å². The first-order valence-corrected chi connectivity index (χ1v) is 8.71. The van der Waals surface area contributed by atoms with Gasteiger partial charge in [0.25, 0.3) is 0 Å². The van der Waals surface area contributed by atoms with Crippen molar-refractivity contribution >= 4 is 23.5 Å². The van der Waals surface area contributed by atoms with E-state index in [1.54, 1.807) is 14.0 Å². The van der Waals surface area contributed by atoms with Crippen molar-refractivity contribution in [3.63, 3.8) is 0 Å². The van der Waals surface area contributed by atoms with Crippen LogP contribution < -0.4 is 10.6 Å². The molecule has 2 rings (SSSR count). The summed E-state index contributed by atoms with van der Waals surface area (Å²) in [6, 6.07) is 5.56. The normalized spacial score (nSPS) is 17.6. The zero-order chi connectivity index (χ0) is 18.9. The molecule has 142 valence electrons. The number of anilines is 1. The van der Waals surface area contributed by atoms with Crippen molar-refractivity contribution in [3.05, 3.63) is 30.1 Å². The molecule has 0 bridgehead atoms. The molecule has 2 N–H and O–H groups in total. The summed E-state index contributed by atoms with van der Waals surface area (Å²) in [4.78, 5) is 30.1. The molecule has 1 unspecified atom stereocenters. The van der Waals surface area contributed by atoms with E-state index in [1.165, 1.54) is 24.3 Å². The molecule has 1 aromatic carbocycles. The van der Waals surface area contributed by atoms with E-state index in [2.05, 4.69) is 15.6 Å². The minimum Gasteiger partial charge on any atom is -0.466 e. The third-order valence-corrected chi connectivity index (χ3v) is 4.09. The van der Waals surface area contributed by atoms with Gasteiger partial charge in [0.1, 0.15) is 5.82 Å². The number of esters is 1. The second kappa shape index (κ2) is 9.74. The predicted molar refractivity (Wildman–Crippen MR) is 97.3 cm³/mol. The molecule has 0 spiro atoms. The molecule has 1 aromatic rings. The van der Waals surface area contributed by atoms with Crippen LogP contribution in [0, 0.1) is 11.7 Å². The fourth-order valence-corrected chi connectivity index (χ4v) is 2.85. The van der Waals surface area contributed by atoms with Gasteiger partial charge in [-0.15, -0.1) is 0 Å². The molecule has 1 atom stereocenters. The van der Waals surface area contributed by atoms with E-state index in [0.717, 1.165) is 19.4 Å². The number of hydrogen-bond donors (Lipinski definition) is 2. The second-order valence-corrected chi connectivity index (χ2v) is 5.99. The Balaban J connectivity index is 1.85. The summed E-state index contributed by atoms with van der Waals surface area (Å²) in [5.74, 6) is -0.440. The Kier molecular flexibility index (Phi) is 7.37. The molecule has 1 aliphatic heterocycles. The van der Waals surface area contributed by atoms with Gasteiger partial charge in [-0.3, -0.25) is 14.6 Å². The fourth-order valence-electron chi connectivity index (χ4n) is 2.85. The molecule has 7 nitrogen and oxygen atoms in total. The molecular weight excluding hydrogens is 339 g/mol. The number of nitrogens with one attached hydrogen (secondary N) is 2. The van der Waals surface area contributed by atoms with Gasteiger partial charge in [-0.25, -0.2) is 4.39 Å². The molecule has 1 amide bonds. The molecule has 0 radical (unpaired) electrons. The second-order valence-electron chi connectivity index (χ2n) is 5.99. The van der Waals surface area contributed by atoms with Gasteiger partial charge in [-0.2, -0.15) is 0 Å². The highest BCUT2D eigenvalue weighted by molar-refractivity contribution is 5.95. The summed E-state index contributed by atoms with van der Waals surface area (Å²) < 4.78 is 18.0. The molecule has 0 aromatic heterocycles. The Morgan fingerprint density at radius 1 is 1.35 bits per heavy atom. The maximum absolute atomic E-state index is 12.9. The number of nitrogens with zero attached hydrogens (tertiary/aromatic N) is 2. The van der Waals surface area contributed by atoms with E-state index < -0.39 is 0 Å². The van der Waals surface area contributed by atoms with Gasteiger partial charge in [0.15, 0.2) is 5.96 Å². The van der Waals surface area contributed by atoms with Crippen LogP contribution >= 0.6 is 0 Å². The Morgan fingerprint density at radius 3 is 2.73 bits per heavy atom. The van der Waals surface area contributed by atoms with Gasteiger partial charge in [0, 0.05) is 25.8 Å². The molecule has 26 heavy (non-hydrogen) atoms. The van der Waals surface area contributed by atoms with Crippen LogP contribution in [0.5, 0.6) is 0 Å². The molecule has 0 saturated carbocycles. The van der Waals surface area contributed by atoms with E-state index in [9.17, 15) is 14.0 Å². The molecule has 1 heterocycles. The lowest BCUT2D eigenvalue weighted by molar-refractivity contribution is -0.149. The van der Waals surface area contributed by atoms with Crippen molar-refractivity contribution in [2.45, 2.75) is 19.8 Å². The molecule has 1 fully saturated rings. The number of carbonyl (C=O) groups excluding carboxylic acids is 2. The molecular formula is C18H25FN4O3. The van der Waals surface area contributed by atoms with Crippen LogP contribution in [0.15, 0.2) is 29.3 Å². The Hall–Kier alpha value is -2.64. The third-order valence-electron chi connectivity index (χ3n) is 4.09. The zero-order valence-electron chi connectivity index (χ0n) is 15.1. The van der Waals surface area contributed by atoms with Gasteiger partial charge in [0.05, 0.1) is 19.1 Å². The number of guanidine groups is 1. The lowest BCUT2D eigenvalue weighted by Crippen LogP contribution is -2.49. The minimum atomic E-state index is -0.359. The SMILES string of the molecule is CCOC(=O)C1CCCN(C(=NC)NCC(=O)Nc2ccc(F)cc2)C1. The first-order chi connectivity index (χ1) is 12.5. The van der Waals surface area contributed by atoms with Crippen molar-refractivity contribution in [1.82, 2.24) is 10.2 Å². The summed E-state index contributed by atoms with van der Waals surface area (Å²) in [5, 5.41) is 5.68. The fraction of sp³-hybridized carbons (Fsp3) is 0.500. The first kappa shape index (κ1) is 19.7. The van der Waals surface area contributed by atoms with E-state index in [0.29, 0.717) is 24.8 Å². The number of halogens is 1. The molecule has 1 saturated heterocycles. The largest absolute Gasteiger partial charge is 0.466 e. The van der Waals surface area contributed by atoms with E-state index in [-0.39, 0.29) is 30.2 Å². The molecule has 0 aliphatic carbocycles. The van der Waals surface area contributed by atoms with Crippen molar-refractivity contribution in [2.75, 3.05) is 38.6 Å². The molecule has 8 heteroatoms. The monoisotopic (exact) mass is 364 g/mol. The highest BCUT2D eigenvalue weighted by atomic mass is 19.1. The maximum Gasteiger partial charge on any atom is 0.310 e. The summed E-state index contributed by atoms with van der Waals surface area (Å²) in [6.07, 6.45) is 1.64. The molecule has 1 aliphatic rings. The van der Waals surface area contributed by atoms with Crippen LogP contribution in [0.3, 0.4) is 0 Å². The predicted octanol–water partition coefficient (Wildman–Crippen LogP) is 1.61. The van der Waals surface area contributed by atoms with Crippen LogP contribution in [0.2, 0.25) is 0 Å². The summed E-state index contributed by atoms with van der Waals surface area (Å²) in [5.41, 5.74) is 0.522. The average Bonchev–Trinajstić information content (AvgIpc) is 2.64. The van der Waals surface area contributed by atoms with Gasteiger partial charge >= 0.3 is 5.97 Å². The lowest BCUT2D eigenvalue weighted by Gasteiger charge is -2.33. The zero-order valence-corrected chi connectivity index (χ0v) is 15.1. The Bertz CT molecular complexity index is 648. The lowest BCUT2D eigenvalue weighted by atomic mass is 9.98. The number of likely N-dealkylation sites (tertiary alicyclic amines) is 1. The number of benzene rings is 1.